The van der Waals surface area contributed by atoms with Crippen molar-refractivity contribution in [3.63, 3.8) is 0 Å². The van der Waals surface area contributed by atoms with Gasteiger partial charge in [-0.3, -0.25) is 4.79 Å². The van der Waals surface area contributed by atoms with E-state index in [4.69, 9.17) is 4.74 Å². The molecule has 2 aliphatic rings. The summed E-state index contributed by atoms with van der Waals surface area (Å²) in [5, 5.41) is 10.0. The number of cyclic esters (lactones) is 1. The maximum Gasteiger partial charge on any atom is 0.339 e. The molecular weight excluding hydrogens is 244 g/mol. The molecule has 3 rings (SSSR count). The van der Waals surface area contributed by atoms with Crippen LogP contribution in [0.3, 0.4) is 0 Å². The summed E-state index contributed by atoms with van der Waals surface area (Å²) in [6.07, 6.45) is 0.0936. The first-order valence-corrected chi connectivity index (χ1v) is 6.33. The maximum absolute atomic E-state index is 12.1. The quantitative estimate of drug-likeness (QED) is 0.787. The molecule has 1 aromatic rings. The van der Waals surface area contributed by atoms with Crippen LogP contribution in [-0.4, -0.2) is 16.9 Å². The van der Waals surface area contributed by atoms with Crippen molar-refractivity contribution in [1.82, 2.24) is 0 Å². The first-order valence-electron chi connectivity index (χ1n) is 6.33. The Labute approximate surface area is 110 Å². The number of hydrogen-bond donors (Lipinski definition) is 1. The summed E-state index contributed by atoms with van der Waals surface area (Å²) in [6.45, 7) is 1.92. The topological polar surface area (TPSA) is 63.6 Å². The van der Waals surface area contributed by atoms with Gasteiger partial charge in [0.05, 0.1) is 11.1 Å². The zero-order valence-electron chi connectivity index (χ0n) is 10.6. The summed E-state index contributed by atoms with van der Waals surface area (Å²) in [7, 11) is 0. The van der Waals surface area contributed by atoms with Crippen LogP contribution in [0.4, 0.5) is 0 Å². The lowest BCUT2D eigenvalue weighted by atomic mass is 9.84. The smallest absolute Gasteiger partial charge is 0.339 e. The molecule has 1 aromatic carbocycles. The Bertz CT molecular complexity index is 600. The number of ether oxygens (including phenoxy) is 1. The second-order valence-electron chi connectivity index (χ2n) is 5.17. The highest BCUT2D eigenvalue weighted by Gasteiger charge is 2.39. The standard InChI is InChI=1S/C15H14O4/c1-8-6-11(16)13(12(17)7-8)14-9-4-2-3-5-10(9)15(18)19-14/h2-5,8,14,16H,6-7H2,1H3. The van der Waals surface area contributed by atoms with Crippen molar-refractivity contribution >= 4 is 11.8 Å². The minimum atomic E-state index is -0.747. The SMILES string of the molecule is CC1CC(=O)C(C2OC(=O)c3ccccc32)=C(O)C1. The molecule has 4 nitrogen and oxygen atoms in total. The van der Waals surface area contributed by atoms with Crippen LogP contribution in [0.1, 0.15) is 41.8 Å². The lowest BCUT2D eigenvalue weighted by molar-refractivity contribution is -0.118. The number of carbonyl (C=O) groups excluding carboxylic acids is 2. The van der Waals surface area contributed by atoms with E-state index in [2.05, 4.69) is 0 Å². The van der Waals surface area contributed by atoms with Crippen molar-refractivity contribution in [3.8, 4) is 0 Å². The van der Waals surface area contributed by atoms with E-state index >= 15 is 0 Å². The van der Waals surface area contributed by atoms with Crippen molar-refractivity contribution in [3.05, 3.63) is 46.7 Å². The first-order chi connectivity index (χ1) is 9.08. The third-order valence-corrected chi connectivity index (χ3v) is 3.64. The van der Waals surface area contributed by atoms with Crippen LogP contribution in [-0.2, 0) is 9.53 Å². The highest BCUT2D eigenvalue weighted by atomic mass is 16.5. The van der Waals surface area contributed by atoms with Gasteiger partial charge in [0.1, 0.15) is 5.76 Å². The molecule has 4 heteroatoms. The molecule has 0 radical (unpaired) electrons. The summed E-state index contributed by atoms with van der Waals surface area (Å²) in [5.41, 5.74) is 1.38. The van der Waals surface area contributed by atoms with Gasteiger partial charge in [-0.25, -0.2) is 4.79 Å². The first kappa shape index (κ1) is 12.0. The van der Waals surface area contributed by atoms with Crippen LogP contribution in [0, 0.1) is 5.92 Å². The van der Waals surface area contributed by atoms with E-state index in [-0.39, 0.29) is 23.0 Å². The molecule has 98 valence electrons. The largest absolute Gasteiger partial charge is 0.512 e. The Balaban J connectivity index is 2.07. The van der Waals surface area contributed by atoms with Crippen molar-refractivity contribution in [2.45, 2.75) is 25.9 Å². The number of fused-ring (bicyclic) bond motifs is 1. The summed E-state index contributed by atoms with van der Waals surface area (Å²) in [4.78, 5) is 23.9. The van der Waals surface area contributed by atoms with Crippen LogP contribution in [0.15, 0.2) is 35.6 Å². The third-order valence-electron chi connectivity index (χ3n) is 3.64. The fourth-order valence-corrected chi connectivity index (χ4v) is 2.76. The highest BCUT2D eigenvalue weighted by molar-refractivity contribution is 6.01. The Morgan fingerprint density at radius 1 is 1.21 bits per heavy atom. The second-order valence-corrected chi connectivity index (χ2v) is 5.17. The van der Waals surface area contributed by atoms with Gasteiger partial charge in [-0.15, -0.1) is 0 Å². The molecule has 0 bridgehead atoms. The van der Waals surface area contributed by atoms with Crippen LogP contribution in [0.2, 0.25) is 0 Å². The predicted octanol–water partition coefficient (Wildman–Crippen LogP) is 2.71. The fourth-order valence-electron chi connectivity index (χ4n) is 2.76. The van der Waals surface area contributed by atoms with Gasteiger partial charge in [-0.1, -0.05) is 25.1 Å². The zero-order chi connectivity index (χ0) is 13.6. The average molecular weight is 258 g/mol. The Morgan fingerprint density at radius 2 is 1.95 bits per heavy atom. The van der Waals surface area contributed by atoms with Crippen molar-refractivity contribution in [2.24, 2.45) is 5.92 Å². The Hall–Kier alpha value is -2.10. The van der Waals surface area contributed by atoms with Crippen molar-refractivity contribution in [2.75, 3.05) is 0 Å². The lowest BCUT2D eigenvalue weighted by Gasteiger charge is -2.23. The van der Waals surface area contributed by atoms with Gasteiger partial charge >= 0.3 is 5.97 Å². The van der Waals surface area contributed by atoms with E-state index < -0.39 is 12.1 Å². The van der Waals surface area contributed by atoms with Crippen LogP contribution >= 0.6 is 0 Å². The molecule has 1 aliphatic carbocycles. The van der Waals surface area contributed by atoms with Gasteiger partial charge in [-0.05, 0) is 12.0 Å². The molecule has 0 fully saturated rings. The lowest BCUT2D eigenvalue weighted by Crippen LogP contribution is -2.22. The maximum atomic E-state index is 12.1. The molecule has 0 aromatic heterocycles. The Kier molecular flexibility index (Phi) is 2.66. The molecule has 1 N–H and O–H groups in total. The van der Waals surface area contributed by atoms with Gasteiger partial charge < -0.3 is 9.84 Å². The van der Waals surface area contributed by atoms with E-state index in [1.165, 1.54) is 0 Å². The van der Waals surface area contributed by atoms with E-state index in [1.54, 1.807) is 24.3 Å². The van der Waals surface area contributed by atoms with Crippen LogP contribution in [0.25, 0.3) is 0 Å². The molecule has 0 saturated carbocycles. The number of ketones is 1. The molecule has 0 spiro atoms. The molecular formula is C15H14O4. The van der Waals surface area contributed by atoms with Crippen LogP contribution in [0.5, 0.6) is 0 Å². The summed E-state index contributed by atoms with van der Waals surface area (Å²) in [6, 6.07) is 6.98. The average Bonchev–Trinajstić information content (AvgIpc) is 2.67. The summed E-state index contributed by atoms with van der Waals surface area (Å²) >= 11 is 0. The number of esters is 1. The molecule has 0 saturated heterocycles. The molecule has 1 aliphatic heterocycles. The number of aliphatic hydroxyl groups excluding tert-OH is 1. The van der Waals surface area contributed by atoms with Gasteiger partial charge in [0.2, 0.25) is 0 Å². The minimum absolute atomic E-state index is 0.0539. The number of benzene rings is 1. The predicted molar refractivity (Wildman–Crippen MR) is 67.7 cm³/mol. The summed E-state index contributed by atoms with van der Waals surface area (Å²) in [5.74, 6) is -0.389. The second kappa shape index (κ2) is 4.23. The molecule has 19 heavy (non-hydrogen) atoms. The van der Waals surface area contributed by atoms with Gasteiger partial charge in [0, 0.05) is 18.4 Å². The van der Waals surface area contributed by atoms with E-state index in [0.717, 1.165) is 0 Å². The molecule has 2 atom stereocenters. The zero-order valence-corrected chi connectivity index (χ0v) is 10.6. The van der Waals surface area contributed by atoms with Crippen LogP contribution < -0.4 is 0 Å². The third kappa shape index (κ3) is 1.84. The van der Waals surface area contributed by atoms with E-state index in [1.807, 2.05) is 6.92 Å². The minimum Gasteiger partial charge on any atom is -0.512 e. The van der Waals surface area contributed by atoms with Gasteiger partial charge in [0.25, 0.3) is 0 Å². The fraction of sp³-hybridized carbons (Fsp3) is 0.333. The van der Waals surface area contributed by atoms with E-state index in [9.17, 15) is 14.7 Å². The molecule has 0 amide bonds. The monoisotopic (exact) mass is 258 g/mol. The number of hydrogen-bond acceptors (Lipinski definition) is 4. The molecule has 2 unspecified atom stereocenters. The van der Waals surface area contributed by atoms with E-state index in [0.29, 0.717) is 24.0 Å². The highest BCUT2D eigenvalue weighted by Crippen LogP contribution is 2.40. The Morgan fingerprint density at radius 3 is 2.68 bits per heavy atom. The van der Waals surface area contributed by atoms with Gasteiger partial charge in [0.15, 0.2) is 11.9 Å². The van der Waals surface area contributed by atoms with Crippen molar-refractivity contribution in [1.29, 1.82) is 0 Å². The molecule has 1 heterocycles. The number of aliphatic hydroxyl groups is 1. The van der Waals surface area contributed by atoms with Crippen molar-refractivity contribution < 1.29 is 19.4 Å². The summed E-state index contributed by atoms with van der Waals surface area (Å²) < 4.78 is 5.27. The number of allylic oxidation sites excluding steroid dienone is 1. The number of carbonyl (C=O) groups is 2. The van der Waals surface area contributed by atoms with Gasteiger partial charge in [-0.2, -0.15) is 0 Å². The number of Topliss-reactive ketones (excluding diaryl/α,β-unsaturated/α-hetero) is 1. The number of rotatable bonds is 1. The normalized spacial score (nSPS) is 26.4.